The van der Waals surface area contributed by atoms with Gasteiger partial charge in [0.05, 0.1) is 27.8 Å². The van der Waals surface area contributed by atoms with Crippen LogP contribution in [0.25, 0.3) is 0 Å². The van der Waals surface area contributed by atoms with Crippen molar-refractivity contribution < 1.29 is 21.6 Å². The van der Waals surface area contributed by atoms with Crippen molar-refractivity contribution in [3.63, 3.8) is 0 Å². The quantitative estimate of drug-likeness (QED) is 0.838. The maximum atomic E-state index is 13.0. The summed E-state index contributed by atoms with van der Waals surface area (Å²) in [6.45, 7) is 0. The molecule has 0 aliphatic heterocycles. The minimum atomic E-state index is -4.74. The molecule has 0 radical (unpaired) electrons. The van der Waals surface area contributed by atoms with E-state index >= 15 is 0 Å². The molecular weight excluding hydrogens is 331 g/mol. The molecule has 120 valence electrons. The van der Waals surface area contributed by atoms with Gasteiger partial charge in [0, 0.05) is 0 Å². The van der Waals surface area contributed by atoms with Gasteiger partial charge in [-0.15, -0.1) is 4.83 Å². The molecule has 0 unspecified atom stereocenters. The molecule has 2 rings (SSSR count). The van der Waals surface area contributed by atoms with Crippen LogP contribution in [0.3, 0.4) is 0 Å². The normalized spacial score (nSPS) is 11.7. The summed E-state index contributed by atoms with van der Waals surface area (Å²) in [6.07, 6.45) is -4.74. The molecule has 0 aromatic heterocycles. The second-order valence-electron chi connectivity index (χ2n) is 4.41. The Labute approximate surface area is 130 Å². The van der Waals surface area contributed by atoms with Crippen LogP contribution in [0.15, 0.2) is 53.4 Å². The van der Waals surface area contributed by atoms with Gasteiger partial charge in [-0.05, 0) is 30.3 Å². The highest BCUT2D eigenvalue weighted by Crippen LogP contribution is 2.35. The lowest BCUT2D eigenvalue weighted by atomic mass is 10.1. The first-order valence-corrected chi connectivity index (χ1v) is 7.66. The number of benzene rings is 2. The highest BCUT2D eigenvalue weighted by Gasteiger charge is 2.34. The summed E-state index contributed by atoms with van der Waals surface area (Å²) in [5.74, 6) is 0. The van der Waals surface area contributed by atoms with Crippen LogP contribution in [0.4, 0.5) is 18.9 Å². The molecule has 0 spiro atoms. The predicted octanol–water partition coefficient (Wildman–Crippen LogP) is 2.88. The lowest BCUT2D eigenvalue weighted by Gasteiger charge is -2.15. The van der Waals surface area contributed by atoms with Crippen LogP contribution in [-0.4, -0.2) is 8.42 Å². The number of nitrogens with one attached hydrogen (secondary N) is 2. The Morgan fingerprint density at radius 2 is 1.70 bits per heavy atom. The van der Waals surface area contributed by atoms with Crippen LogP contribution in [-0.2, 0) is 16.2 Å². The van der Waals surface area contributed by atoms with Gasteiger partial charge in [0.15, 0.2) is 0 Å². The summed E-state index contributed by atoms with van der Waals surface area (Å²) < 4.78 is 62.9. The Morgan fingerprint density at radius 3 is 2.26 bits per heavy atom. The molecule has 9 heteroatoms. The molecular formula is C14H10F3N3O2S. The first-order chi connectivity index (χ1) is 10.7. The van der Waals surface area contributed by atoms with Gasteiger partial charge in [0.1, 0.15) is 0 Å². The van der Waals surface area contributed by atoms with Crippen molar-refractivity contribution in [1.82, 2.24) is 4.83 Å². The van der Waals surface area contributed by atoms with Crippen LogP contribution in [0.1, 0.15) is 11.1 Å². The van der Waals surface area contributed by atoms with Gasteiger partial charge in [-0.25, -0.2) is 8.42 Å². The molecule has 2 N–H and O–H groups in total. The number of sulfonamides is 1. The summed E-state index contributed by atoms with van der Waals surface area (Å²) in [5.41, 5.74) is 0.206. The zero-order chi connectivity index (χ0) is 17.1. The average Bonchev–Trinajstić information content (AvgIpc) is 2.53. The fourth-order valence-electron chi connectivity index (χ4n) is 1.74. The molecule has 0 amide bonds. The van der Waals surface area contributed by atoms with Gasteiger partial charge in [0.2, 0.25) is 0 Å². The molecule has 0 heterocycles. The van der Waals surface area contributed by atoms with E-state index < -0.39 is 27.5 Å². The van der Waals surface area contributed by atoms with Crippen LogP contribution >= 0.6 is 0 Å². The molecule has 23 heavy (non-hydrogen) atoms. The van der Waals surface area contributed by atoms with E-state index in [-0.39, 0.29) is 10.5 Å². The van der Waals surface area contributed by atoms with Crippen molar-refractivity contribution >= 4 is 15.7 Å². The number of rotatable bonds is 4. The minimum Gasteiger partial charge on any atom is -0.307 e. The molecule has 0 aliphatic rings. The summed E-state index contributed by atoms with van der Waals surface area (Å²) in [5, 5.41) is 8.68. The standard InChI is InChI=1S/C14H10F3N3O2S/c15-14(16,17)12-8-10(9-18)6-7-13(12)19-20-23(21,22)11-4-2-1-3-5-11/h1-8,19-20H. The molecule has 0 fully saturated rings. The Morgan fingerprint density at radius 1 is 1.04 bits per heavy atom. The van der Waals surface area contributed by atoms with E-state index in [1.165, 1.54) is 24.3 Å². The second-order valence-corrected chi connectivity index (χ2v) is 6.10. The number of anilines is 1. The Balaban J connectivity index is 2.30. The van der Waals surface area contributed by atoms with Gasteiger partial charge in [0.25, 0.3) is 10.0 Å². The molecule has 2 aromatic rings. The number of hydrogen-bond acceptors (Lipinski definition) is 4. The zero-order valence-corrected chi connectivity index (χ0v) is 12.2. The lowest BCUT2D eigenvalue weighted by molar-refractivity contribution is -0.137. The van der Waals surface area contributed by atoms with Gasteiger partial charge >= 0.3 is 6.18 Å². The van der Waals surface area contributed by atoms with Crippen molar-refractivity contribution in [2.75, 3.05) is 5.43 Å². The first kappa shape index (κ1) is 16.8. The molecule has 0 aliphatic carbocycles. The van der Waals surface area contributed by atoms with E-state index in [9.17, 15) is 21.6 Å². The third kappa shape index (κ3) is 4.00. The molecule has 2 aromatic carbocycles. The number of hydrogen-bond donors (Lipinski definition) is 2. The van der Waals surface area contributed by atoms with Crippen LogP contribution in [0, 0.1) is 11.3 Å². The third-order valence-electron chi connectivity index (χ3n) is 2.83. The number of alkyl halides is 3. The fourth-order valence-corrected chi connectivity index (χ4v) is 2.62. The minimum absolute atomic E-state index is 0.102. The van der Waals surface area contributed by atoms with Gasteiger partial charge in [-0.3, -0.25) is 0 Å². The lowest BCUT2D eigenvalue weighted by Crippen LogP contribution is -2.30. The van der Waals surface area contributed by atoms with Crippen molar-refractivity contribution in [1.29, 1.82) is 5.26 Å². The topological polar surface area (TPSA) is 82.0 Å². The molecule has 0 bridgehead atoms. The van der Waals surface area contributed by atoms with Crippen molar-refractivity contribution in [2.24, 2.45) is 0 Å². The largest absolute Gasteiger partial charge is 0.418 e. The average molecular weight is 341 g/mol. The van der Waals surface area contributed by atoms with Crippen LogP contribution in [0.5, 0.6) is 0 Å². The summed E-state index contributed by atoms with van der Waals surface area (Å²) in [6, 6.07) is 11.5. The molecule has 0 saturated heterocycles. The Hall–Kier alpha value is -2.57. The van der Waals surface area contributed by atoms with Crippen molar-refractivity contribution in [3.05, 3.63) is 59.7 Å². The summed E-state index contributed by atoms with van der Waals surface area (Å²) in [7, 11) is -4.03. The fraction of sp³-hybridized carbons (Fsp3) is 0.0714. The number of halogens is 3. The van der Waals surface area contributed by atoms with E-state index in [0.29, 0.717) is 6.07 Å². The number of nitrogens with zero attached hydrogens (tertiary/aromatic N) is 1. The van der Waals surface area contributed by atoms with Crippen LogP contribution in [0.2, 0.25) is 0 Å². The zero-order valence-electron chi connectivity index (χ0n) is 11.4. The van der Waals surface area contributed by atoms with Crippen molar-refractivity contribution in [3.8, 4) is 6.07 Å². The Kier molecular flexibility index (Phi) is 4.58. The highest BCUT2D eigenvalue weighted by molar-refractivity contribution is 7.89. The summed E-state index contributed by atoms with van der Waals surface area (Å²) >= 11 is 0. The summed E-state index contributed by atoms with van der Waals surface area (Å²) in [4.78, 5) is 1.78. The van der Waals surface area contributed by atoms with E-state index in [4.69, 9.17) is 5.26 Å². The SMILES string of the molecule is N#Cc1ccc(NNS(=O)(=O)c2ccccc2)c(C(F)(F)F)c1. The van der Waals surface area contributed by atoms with Gasteiger partial charge < -0.3 is 5.43 Å². The monoisotopic (exact) mass is 341 g/mol. The maximum absolute atomic E-state index is 13.0. The second kappa shape index (κ2) is 6.28. The van der Waals surface area contributed by atoms with E-state index in [0.717, 1.165) is 12.1 Å². The van der Waals surface area contributed by atoms with Gasteiger partial charge in [-0.2, -0.15) is 18.4 Å². The van der Waals surface area contributed by atoms with Gasteiger partial charge in [-0.1, -0.05) is 18.2 Å². The predicted molar refractivity (Wildman–Crippen MR) is 76.5 cm³/mol. The molecule has 5 nitrogen and oxygen atoms in total. The van der Waals surface area contributed by atoms with E-state index in [1.807, 2.05) is 10.3 Å². The number of hydrazine groups is 1. The van der Waals surface area contributed by atoms with E-state index in [1.54, 1.807) is 12.1 Å². The van der Waals surface area contributed by atoms with Crippen molar-refractivity contribution in [2.45, 2.75) is 11.1 Å². The third-order valence-corrected chi connectivity index (χ3v) is 4.09. The first-order valence-electron chi connectivity index (χ1n) is 6.18. The van der Waals surface area contributed by atoms with E-state index in [2.05, 4.69) is 0 Å². The van der Waals surface area contributed by atoms with Crippen LogP contribution < -0.4 is 10.3 Å². The number of nitriles is 1. The highest BCUT2D eigenvalue weighted by atomic mass is 32.2. The Bertz CT molecular complexity index is 844. The smallest absolute Gasteiger partial charge is 0.307 e. The maximum Gasteiger partial charge on any atom is 0.418 e. The molecule has 0 atom stereocenters. The molecule has 0 saturated carbocycles.